The molecule has 1 saturated carbocycles. The van der Waals surface area contributed by atoms with Crippen molar-refractivity contribution in [2.24, 2.45) is 7.05 Å². The molecule has 9 heteroatoms. The average molecular weight is 507 g/mol. The van der Waals surface area contributed by atoms with Gasteiger partial charge in [-0.25, -0.2) is 14.8 Å². The number of amides is 2. The van der Waals surface area contributed by atoms with E-state index < -0.39 is 0 Å². The average Bonchev–Trinajstić information content (AvgIpc) is 3.40. The molecule has 2 aromatic carbocycles. The van der Waals surface area contributed by atoms with Gasteiger partial charge in [-0.3, -0.25) is 9.58 Å². The van der Waals surface area contributed by atoms with Crippen LogP contribution in [-0.2, 0) is 13.6 Å². The van der Waals surface area contributed by atoms with Gasteiger partial charge in [0.1, 0.15) is 6.07 Å². The topological polar surface area (TPSA) is 112 Å². The molecule has 2 heterocycles. The fourth-order valence-electron chi connectivity index (χ4n) is 4.86. The molecule has 0 unspecified atom stereocenters. The van der Waals surface area contributed by atoms with Crippen LogP contribution in [-0.4, -0.2) is 37.9 Å². The second kappa shape index (κ2) is 11.6. The summed E-state index contributed by atoms with van der Waals surface area (Å²) in [6.45, 7) is 0.469. The van der Waals surface area contributed by atoms with Gasteiger partial charge in [-0.2, -0.15) is 10.4 Å². The standard InChI is InChI=1S/C29H30N8O/c1-36-20-24(19-34-36)23-7-11-26(12-8-23)37(29(38)33-16-21-5-3-2-4-6-21)27-13-9-25(10-14-27)35-28-31-17-22(15-30)18-32-28/h2-8,11-12,17-20,25,27H,9-10,13-14,16H2,1H3,(H,33,38)(H,31,32,35)/t25-,27-. The molecule has 0 atom stereocenters. The zero-order valence-corrected chi connectivity index (χ0v) is 21.3. The zero-order valence-electron chi connectivity index (χ0n) is 21.3. The van der Waals surface area contributed by atoms with Crippen LogP contribution in [0.1, 0.15) is 36.8 Å². The van der Waals surface area contributed by atoms with Crippen molar-refractivity contribution in [3.8, 4) is 17.2 Å². The molecule has 0 spiro atoms. The number of hydrogen-bond acceptors (Lipinski definition) is 6. The highest BCUT2D eigenvalue weighted by Gasteiger charge is 2.30. The van der Waals surface area contributed by atoms with Gasteiger partial charge in [0, 0.05) is 43.1 Å². The number of aryl methyl sites for hydroxylation is 1. The second-order valence-corrected chi connectivity index (χ2v) is 9.52. The van der Waals surface area contributed by atoms with Crippen LogP contribution < -0.4 is 15.5 Å². The third kappa shape index (κ3) is 5.98. The Morgan fingerprint density at radius 3 is 2.34 bits per heavy atom. The van der Waals surface area contributed by atoms with Gasteiger partial charge in [0.05, 0.1) is 24.2 Å². The largest absolute Gasteiger partial charge is 0.351 e. The lowest BCUT2D eigenvalue weighted by Gasteiger charge is -2.37. The molecule has 38 heavy (non-hydrogen) atoms. The first kappa shape index (κ1) is 25.0. The van der Waals surface area contributed by atoms with Gasteiger partial charge in [-0.15, -0.1) is 0 Å². The van der Waals surface area contributed by atoms with E-state index in [0.717, 1.165) is 48.1 Å². The molecule has 2 N–H and O–H groups in total. The Kier molecular flexibility index (Phi) is 7.59. The molecule has 192 valence electrons. The lowest BCUT2D eigenvalue weighted by Crippen LogP contribution is -2.48. The maximum atomic E-state index is 13.5. The predicted molar refractivity (Wildman–Crippen MR) is 146 cm³/mol. The van der Waals surface area contributed by atoms with E-state index in [1.807, 2.05) is 85.0 Å². The molecule has 0 saturated heterocycles. The van der Waals surface area contributed by atoms with Gasteiger partial charge in [-0.1, -0.05) is 42.5 Å². The first-order valence-corrected chi connectivity index (χ1v) is 12.8. The fourth-order valence-corrected chi connectivity index (χ4v) is 4.86. The highest BCUT2D eigenvalue weighted by molar-refractivity contribution is 5.93. The lowest BCUT2D eigenvalue weighted by atomic mass is 9.90. The molecule has 1 aliphatic carbocycles. The first-order chi connectivity index (χ1) is 18.6. The SMILES string of the molecule is Cn1cc(-c2ccc(N(C(=O)NCc3ccccc3)[C@H]3CC[C@H](Nc4ncc(C#N)cn4)CC3)cc2)cn1. The molecule has 2 amide bonds. The predicted octanol–water partition coefficient (Wildman–Crippen LogP) is 4.89. The molecule has 2 aromatic heterocycles. The Hall–Kier alpha value is -4.71. The van der Waals surface area contributed by atoms with Gasteiger partial charge in [0.25, 0.3) is 0 Å². The number of anilines is 2. The summed E-state index contributed by atoms with van der Waals surface area (Å²) in [5, 5.41) is 19.7. The summed E-state index contributed by atoms with van der Waals surface area (Å²) in [5.74, 6) is 0.524. The van der Waals surface area contributed by atoms with Crippen LogP contribution in [0.2, 0.25) is 0 Å². The number of carbonyl (C=O) groups is 1. The van der Waals surface area contributed by atoms with E-state index in [2.05, 4.69) is 25.7 Å². The van der Waals surface area contributed by atoms with E-state index >= 15 is 0 Å². The fraction of sp³-hybridized carbons (Fsp3) is 0.276. The van der Waals surface area contributed by atoms with E-state index in [4.69, 9.17) is 5.26 Å². The van der Waals surface area contributed by atoms with Gasteiger partial charge >= 0.3 is 6.03 Å². The normalized spacial score (nSPS) is 16.8. The molecule has 9 nitrogen and oxygen atoms in total. The number of nitrogens with zero attached hydrogens (tertiary/aromatic N) is 6. The Labute approximate surface area is 222 Å². The van der Waals surface area contributed by atoms with Crippen LogP contribution in [0, 0.1) is 11.3 Å². The summed E-state index contributed by atoms with van der Waals surface area (Å²) in [4.78, 5) is 23.9. The summed E-state index contributed by atoms with van der Waals surface area (Å²) in [6, 6.07) is 20.3. The highest BCUT2D eigenvalue weighted by Crippen LogP contribution is 2.30. The molecule has 5 rings (SSSR count). The quantitative estimate of drug-likeness (QED) is 0.369. The number of nitrogens with one attached hydrogen (secondary N) is 2. The van der Waals surface area contributed by atoms with Gasteiger partial charge in [-0.05, 0) is 48.9 Å². The molecular formula is C29H30N8O. The van der Waals surface area contributed by atoms with Gasteiger partial charge < -0.3 is 10.6 Å². The highest BCUT2D eigenvalue weighted by atomic mass is 16.2. The van der Waals surface area contributed by atoms with E-state index in [1.165, 1.54) is 12.4 Å². The second-order valence-electron chi connectivity index (χ2n) is 9.52. The van der Waals surface area contributed by atoms with Crippen molar-refractivity contribution >= 4 is 17.7 Å². The number of urea groups is 1. The Balaban J connectivity index is 1.29. The van der Waals surface area contributed by atoms with Crippen molar-refractivity contribution in [3.63, 3.8) is 0 Å². The van der Waals surface area contributed by atoms with Gasteiger partial charge in [0.15, 0.2) is 0 Å². The summed E-state index contributed by atoms with van der Waals surface area (Å²) in [5.41, 5.74) is 4.46. The van der Waals surface area contributed by atoms with E-state index in [9.17, 15) is 4.79 Å². The first-order valence-electron chi connectivity index (χ1n) is 12.8. The van der Waals surface area contributed by atoms with Crippen LogP contribution in [0.5, 0.6) is 0 Å². The van der Waals surface area contributed by atoms with Crippen molar-refractivity contribution in [2.75, 3.05) is 10.2 Å². The summed E-state index contributed by atoms with van der Waals surface area (Å²) >= 11 is 0. The number of aromatic nitrogens is 4. The maximum absolute atomic E-state index is 13.5. The molecular weight excluding hydrogens is 476 g/mol. The lowest BCUT2D eigenvalue weighted by molar-refractivity contribution is 0.240. The van der Waals surface area contributed by atoms with Crippen molar-refractivity contribution in [2.45, 2.75) is 44.3 Å². The third-order valence-corrected chi connectivity index (χ3v) is 6.87. The maximum Gasteiger partial charge on any atom is 0.322 e. The monoisotopic (exact) mass is 506 g/mol. The van der Waals surface area contributed by atoms with Crippen LogP contribution in [0.15, 0.2) is 79.4 Å². The summed E-state index contributed by atoms with van der Waals surface area (Å²) in [6.07, 6.45) is 10.3. The number of carbonyl (C=O) groups excluding carboxylic acids is 1. The Morgan fingerprint density at radius 1 is 1.00 bits per heavy atom. The summed E-state index contributed by atoms with van der Waals surface area (Å²) < 4.78 is 1.78. The molecule has 4 aromatic rings. The van der Waals surface area contributed by atoms with Crippen LogP contribution in [0.25, 0.3) is 11.1 Å². The number of nitriles is 1. The van der Waals surface area contributed by atoms with Crippen molar-refractivity contribution in [1.29, 1.82) is 5.26 Å². The molecule has 1 fully saturated rings. The number of benzene rings is 2. The number of rotatable bonds is 7. The van der Waals surface area contributed by atoms with Crippen molar-refractivity contribution in [3.05, 3.63) is 90.5 Å². The minimum atomic E-state index is -0.102. The summed E-state index contributed by atoms with van der Waals surface area (Å²) in [7, 11) is 1.90. The van der Waals surface area contributed by atoms with Crippen LogP contribution in [0.3, 0.4) is 0 Å². The molecule has 0 bridgehead atoms. The van der Waals surface area contributed by atoms with E-state index in [0.29, 0.717) is 18.1 Å². The Bertz CT molecular complexity index is 1390. The molecule has 1 aliphatic rings. The van der Waals surface area contributed by atoms with Gasteiger partial charge in [0.2, 0.25) is 5.95 Å². The smallest absolute Gasteiger partial charge is 0.322 e. The number of hydrogen-bond donors (Lipinski definition) is 2. The minimum absolute atomic E-state index is 0.0648. The van der Waals surface area contributed by atoms with Crippen molar-refractivity contribution < 1.29 is 4.79 Å². The van der Waals surface area contributed by atoms with Crippen LogP contribution >= 0.6 is 0 Å². The zero-order chi connectivity index (χ0) is 26.3. The van der Waals surface area contributed by atoms with Crippen molar-refractivity contribution in [1.82, 2.24) is 25.1 Å². The van der Waals surface area contributed by atoms with Crippen LogP contribution in [0.4, 0.5) is 16.4 Å². The van der Waals surface area contributed by atoms with E-state index in [-0.39, 0.29) is 18.1 Å². The molecule has 0 aliphatic heterocycles. The Morgan fingerprint density at radius 2 is 1.71 bits per heavy atom. The van der Waals surface area contributed by atoms with E-state index in [1.54, 1.807) is 4.68 Å². The minimum Gasteiger partial charge on any atom is -0.351 e. The molecule has 0 radical (unpaired) electrons. The third-order valence-electron chi connectivity index (χ3n) is 6.87.